The van der Waals surface area contributed by atoms with Gasteiger partial charge in [0.25, 0.3) is 0 Å². The number of benzene rings is 1. The van der Waals surface area contributed by atoms with Gasteiger partial charge in [0.15, 0.2) is 0 Å². The van der Waals surface area contributed by atoms with Gasteiger partial charge in [-0.1, -0.05) is 35.5 Å². The number of nitrogens with two attached hydrogens (primary N) is 1. The Morgan fingerprint density at radius 1 is 1.26 bits per heavy atom. The van der Waals surface area contributed by atoms with Crippen molar-refractivity contribution in [3.05, 3.63) is 48.3 Å². The molecule has 2 aromatic rings. The molecule has 1 aliphatic rings. The van der Waals surface area contributed by atoms with Crippen LogP contribution < -0.4 is 5.73 Å². The molecule has 0 bridgehead atoms. The molecule has 1 saturated heterocycles. The van der Waals surface area contributed by atoms with Gasteiger partial charge in [0.2, 0.25) is 5.91 Å². The van der Waals surface area contributed by atoms with Gasteiger partial charge in [-0.05, 0) is 18.0 Å². The number of hydrogen-bond donors (Lipinski definition) is 1. The van der Waals surface area contributed by atoms with E-state index in [1.165, 1.54) is 5.56 Å². The number of nitrogens with zero attached hydrogens (tertiary/aromatic N) is 4. The van der Waals surface area contributed by atoms with Crippen LogP contribution in [0.1, 0.15) is 17.9 Å². The molecule has 2 heterocycles. The molecule has 6 nitrogen and oxygen atoms in total. The third-order valence-corrected chi connectivity index (χ3v) is 4.35. The van der Waals surface area contributed by atoms with Crippen LogP contribution in [-0.2, 0) is 11.3 Å². The van der Waals surface area contributed by atoms with Gasteiger partial charge >= 0.3 is 0 Å². The van der Waals surface area contributed by atoms with Crippen molar-refractivity contribution in [2.75, 3.05) is 19.6 Å². The van der Waals surface area contributed by atoms with E-state index in [0.29, 0.717) is 31.3 Å². The Kier molecular flexibility index (Phi) is 6.12. The second-order valence-corrected chi connectivity index (χ2v) is 5.73. The van der Waals surface area contributed by atoms with Gasteiger partial charge in [0, 0.05) is 31.6 Å². The molecule has 0 radical (unpaired) electrons. The fourth-order valence-electron chi connectivity index (χ4n) is 3.11. The number of likely N-dealkylation sites (tertiary alicyclic amines) is 1. The molecule has 7 heteroatoms. The Bertz CT molecular complexity index is 604. The van der Waals surface area contributed by atoms with Crippen LogP contribution in [0.2, 0.25) is 0 Å². The molecule has 124 valence electrons. The summed E-state index contributed by atoms with van der Waals surface area (Å²) in [6.45, 7) is 2.67. The zero-order valence-corrected chi connectivity index (χ0v) is 13.7. The minimum atomic E-state index is 0. The first-order valence-corrected chi connectivity index (χ1v) is 7.65. The first-order chi connectivity index (χ1) is 10.8. The van der Waals surface area contributed by atoms with Crippen molar-refractivity contribution in [1.82, 2.24) is 19.9 Å². The van der Waals surface area contributed by atoms with Crippen molar-refractivity contribution in [2.24, 2.45) is 11.7 Å². The normalized spacial score (nSPS) is 20.3. The number of amides is 1. The summed E-state index contributed by atoms with van der Waals surface area (Å²) in [6.07, 6.45) is 3.84. The van der Waals surface area contributed by atoms with Crippen molar-refractivity contribution in [2.45, 2.75) is 18.9 Å². The summed E-state index contributed by atoms with van der Waals surface area (Å²) >= 11 is 0. The van der Waals surface area contributed by atoms with Crippen LogP contribution in [0.15, 0.2) is 42.7 Å². The Morgan fingerprint density at radius 3 is 2.70 bits per heavy atom. The standard InChI is InChI=1S/C16H21N5O.ClH/c17-10-14-11-20(12-15(14)13-4-2-1-3-5-13)16(22)6-8-21-9-7-18-19-21;/h1-5,7,9,14-15H,6,8,10-12,17H2;1H/t14-,15+;/m1./s1. The highest BCUT2D eigenvalue weighted by molar-refractivity contribution is 5.85. The Labute approximate surface area is 142 Å². The largest absolute Gasteiger partial charge is 0.342 e. The molecule has 2 atom stereocenters. The predicted octanol–water partition coefficient (Wildman–Crippen LogP) is 1.29. The monoisotopic (exact) mass is 335 g/mol. The molecule has 1 aliphatic heterocycles. The highest BCUT2D eigenvalue weighted by atomic mass is 35.5. The molecule has 2 N–H and O–H groups in total. The van der Waals surface area contributed by atoms with Gasteiger partial charge in [-0.15, -0.1) is 17.5 Å². The number of hydrogen-bond acceptors (Lipinski definition) is 4. The number of carbonyl (C=O) groups is 1. The van der Waals surface area contributed by atoms with Crippen LogP contribution in [0.25, 0.3) is 0 Å². The Morgan fingerprint density at radius 2 is 2.04 bits per heavy atom. The van der Waals surface area contributed by atoms with E-state index in [-0.39, 0.29) is 18.3 Å². The van der Waals surface area contributed by atoms with Gasteiger partial charge < -0.3 is 10.6 Å². The van der Waals surface area contributed by atoms with Crippen LogP contribution in [0.3, 0.4) is 0 Å². The molecule has 0 aliphatic carbocycles. The van der Waals surface area contributed by atoms with E-state index in [1.54, 1.807) is 17.1 Å². The van der Waals surface area contributed by atoms with Crippen LogP contribution in [0, 0.1) is 5.92 Å². The highest BCUT2D eigenvalue weighted by Crippen LogP contribution is 2.32. The van der Waals surface area contributed by atoms with Crippen molar-refractivity contribution < 1.29 is 4.79 Å². The molecular weight excluding hydrogens is 314 g/mol. The third kappa shape index (κ3) is 4.09. The molecule has 0 unspecified atom stereocenters. The average Bonchev–Trinajstić information content (AvgIpc) is 3.22. The van der Waals surface area contributed by atoms with Crippen LogP contribution in [-0.4, -0.2) is 45.4 Å². The lowest BCUT2D eigenvalue weighted by molar-refractivity contribution is -0.130. The van der Waals surface area contributed by atoms with E-state index in [2.05, 4.69) is 22.4 Å². The molecule has 0 saturated carbocycles. The van der Waals surface area contributed by atoms with Gasteiger partial charge in [-0.25, -0.2) is 0 Å². The number of carbonyl (C=O) groups excluding carboxylic acids is 1. The average molecular weight is 336 g/mol. The van der Waals surface area contributed by atoms with Gasteiger partial charge in [0.1, 0.15) is 0 Å². The molecule has 3 rings (SSSR count). The summed E-state index contributed by atoms with van der Waals surface area (Å²) in [5, 5.41) is 7.63. The molecule has 1 fully saturated rings. The van der Waals surface area contributed by atoms with Crippen LogP contribution in [0.4, 0.5) is 0 Å². The zero-order chi connectivity index (χ0) is 15.4. The van der Waals surface area contributed by atoms with E-state index in [1.807, 2.05) is 23.1 Å². The molecule has 1 aromatic heterocycles. The van der Waals surface area contributed by atoms with Gasteiger partial charge in [-0.3, -0.25) is 9.48 Å². The summed E-state index contributed by atoms with van der Waals surface area (Å²) in [4.78, 5) is 14.3. The lowest BCUT2D eigenvalue weighted by Gasteiger charge is -2.16. The minimum absolute atomic E-state index is 0. The van der Waals surface area contributed by atoms with E-state index in [4.69, 9.17) is 5.73 Å². The first kappa shape index (κ1) is 17.4. The van der Waals surface area contributed by atoms with Crippen molar-refractivity contribution in [3.63, 3.8) is 0 Å². The van der Waals surface area contributed by atoms with E-state index in [0.717, 1.165) is 13.1 Å². The summed E-state index contributed by atoms with van der Waals surface area (Å²) < 4.78 is 1.68. The summed E-state index contributed by atoms with van der Waals surface area (Å²) in [7, 11) is 0. The van der Waals surface area contributed by atoms with E-state index < -0.39 is 0 Å². The second kappa shape index (κ2) is 8.08. The highest BCUT2D eigenvalue weighted by Gasteiger charge is 2.34. The smallest absolute Gasteiger partial charge is 0.224 e. The molecule has 1 amide bonds. The van der Waals surface area contributed by atoms with E-state index in [9.17, 15) is 4.79 Å². The van der Waals surface area contributed by atoms with Crippen molar-refractivity contribution in [3.8, 4) is 0 Å². The molecular formula is C16H22ClN5O. The minimum Gasteiger partial charge on any atom is -0.342 e. The SMILES string of the molecule is Cl.NC[C@@H]1CN(C(=O)CCn2ccnn2)C[C@H]1c1ccccc1. The van der Waals surface area contributed by atoms with Crippen molar-refractivity contribution >= 4 is 18.3 Å². The number of rotatable bonds is 5. The maximum absolute atomic E-state index is 12.4. The fourth-order valence-corrected chi connectivity index (χ4v) is 3.11. The van der Waals surface area contributed by atoms with Crippen LogP contribution >= 0.6 is 12.4 Å². The first-order valence-electron chi connectivity index (χ1n) is 7.65. The van der Waals surface area contributed by atoms with Crippen LogP contribution in [0.5, 0.6) is 0 Å². The lowest BCUT2D eigenvalue weighted by atomic mass is 9.89. The number of aryl methyl sites for hydroxylation is 1. The van der Waals surface area contributed by atoms with E-state index >= 15 is 0 Å². The summed E-state index contributed by atoms with van der Waals surface area (Å²) in [6, 6.07) is 10.3. The Balaban J connectivity index is 0.00000192. The zero-order valence-electron chi connectivity index (χ0n) is 12.9. The summed E-state index contributed by atoms with van der Waals surface area (Å²) in [5.74, 6) is 0.826. The Hall–Kier alpha value is -1.92. The molecule has 1 aromatic carbocycles. The molecule has 0 spiro atoms. The molecule has 23 heavy (non-hydrogen) atoms. The third-order valence-electron chi connectivity index (χ3n) is 4.35. The topological polar surface area (TPSA) is 77.0 Å². The summed E-state index contributed by atoms with van der Waals surface area (Å²) in [5.41, 5.74) is 7.18. The maximum Gasteiger partial charge on any atom is 0.224 e. The van der Waals surface area contributed by atoms with Crippen molar-refractivity contribution in [1.29, 1.82) is 0 Å². The number of halogens is 1. The van der Waals surface area contributed by atoms with Gasteiger partial charge in [0.05, 0.1) is 12.7 Å². The fraction of sp³-hybridized carbons (Fsp3) is 0.438. The van der Waals surface area contributed by atoms with Gasteiger partial charge in [-0.2, -0.15) is 0 Å². The quantitative estimate of drug-likeness (QED) is 0.893. The second-order valence-electron chi connectivity index (χ2n) is 5.73. The number of aromatic nitrogens is 3. The lowest BCUT2D eigenvalue weighted by Crippen LogP contribution is -2.30. The maximum atomic E-state index is 12.4. The predicted molar refractivity (Wildman–Crippen MR) is 90.2 cm³/mol.